The number of carbonyl (C=O) groups is 1. The predicted molar refractivity (Wildman–Crippen MR) is 132 cm³/mol. The fourth-order valence-electron chi connectivity index (χ4n) is 5.46. The zero-order chi connectivity index (χ0) is 24.4. The van der Waals surface area contributed by atoms with Crippen molar-refractivity contribution in [1.29, 1.82) is 0 Å². The van der Waals surface area contributed by atoms with E-state index in [0.717, 1.165) is 19.4 Å². The molecule has 31 heavy (non-hydrogen) atoms. The van der Waals surface area contributed by atoms with E-state index in [0.29, 0.717) is 23.2 Å². The third-order valence-corrected chi connectivity index (χ3v) is 12.9. The quantitative estimate of drug-likeness (QED) is 0.339. The molecule has 1 atom stereocenters. The monoisotopic (exact) mass is 457 g/mol. The van der Waals surface area contributed by atoms with Crippen LogP contribution < -0.4 is 0 Å². The Morgan fingerprint density at radius 3 is 1.94 bits per heavy atom. The lowest BCUT2D eigenvalue weighted by Crippen LogP contribution is -2.51. The van der Waals surface area contributed by atoms with Crippen molar-refractivity contribution in [3.63, 3.8) is 0 Å². The van der Waals surface area contributed by atoms with Crippen LogP contribution >= 0.6 is 0 Å². The number of nitrogens with zero attached hydrogens (tertiary/aromatic N) is 1. The molecule has 0 N–H and O–H groups in total. The van der Waals surface area contributed by atoms with Crippen LogP contribution in [0.3, 0.4) is 0 Å². The highest BCUT2D eigenvalue weighted by Crippen LogP contribution is 2.43. The molecular weight excluding hydrogens is 406 g/mol. The van der Waals surface area contributed by atoms with Gasteiger partial charge in [-0.15, -0.1) is 0 Å². The molecule has 0 aliphatic carbocycles. The molecule has 1 rings (SSSR count). The largest absolute Gasteiger partial charge is 0.444 e. The maximum absolute atomic E-state index is 12.9. The molecule has 0 bridgehead atoms. The third-order valence-electron chi connectivity index (χ3n) is 6.79. The number of ether oxygens (including phenoxy) is 2. The number of hydrogen-bond donors (Lipinski definition) is 0. The Morgan fingerprint density at radius 1 is 1.03 bits per heavy atom. The number of amides is 1. The summed E-state index contributed by atoms with van der Waals surface area (Å²) in [6, 6.07) is 0.00199. The Morgan fingerprint density at radius 2 is 1.52 bits per heavy atom. The van der Waals surface area contributed by atoms with Crippen molar-refractivity contribution in [2.45, 2.75) is 137 Å². The molecule has 0 aromatic carbocycles. The molecular formula is C25H51NO4Si. The van der Waals surface area contributed by atoms with Crippen molar-refractivity contribution in [1.82, 2.24) is 4.90 Å². The van der Waals surface area contributed by atoms with Crippen LogP contribution in [-0.2, 0) is 13.9 Å². The molecule has 0 aromatic heterocycles. The van der Waals surface area contributed by atoms with Gasteiger partial charge in [-0.25, -0.2) is 4.79 Å². The maximum Gasteiger partial charge on any atom is 0.412 e. The Bertz CT molecular complexity index is 571. The van der Waals surface area contributed by atoms with Gasteiger partial charge in [0.1, 0.15) is 11.3 Å². The lowest BCUT2D eigenvalue weighted by Gasteiger charge is -2.43. The van der Waals surface area contributed by atoms with Crippen LogP contribution in [0.2, 0.25) is 16.6 Å². The first-order chi connectivity index (χ1) is 13.9. The lowest BCUT2D eigenvalue weighted by atomic mass is 9.82. The van der Waals surface area contributed by atoms with Crippen molar-refractivity contribution in [3.8, 4) is 0 Å². The van der Waals surface area contributed by atoms with E-state index in [2.05, 4.69) is 55.4 Å². The maximum atomic E-state index is 12.9. The summed E-state index contributed by atoms with van der Waals surface area (Å²) in [5.41, 5.74) is 0.600. The van der Waals surface area contributed by atoms with E-state index in [1.54, 1.807) is 4.90 Å². The summed E-state index contributed by atoms with van der Waals surface area (Å²) in [7, 11) is -1.86. The van der Waals surface area contributed by atoms with E-state index in [1.807, 2.05) is 34.6 Å². The Labute approximate surface area is 193 Å². The van der Waals surface area contributed by atoms with Crippen molar-refractivity contribution < 1.29 is 18.7 Å². The van der Waals surface area contributed by atoms with E-state index in [4.69, 9.17) is 13.9 Å². The summed E-state index contributed by atoms with van der Waals surface area (Å²) in [6.07, 6.45) is 1.53. The molecule has 184 valence electrons. The van der Waals surface area contributed by atoms with Crippen molar-refractivity contribution >= 4 is 14.4 Å². The van der Waals surface area contributed by atoms with Crippen molar-refractivity contribution in [2.24, 2.45) is 5.41 Å². The second kappa shape index (κ2) is 10.1. The zero-order valence-electron chi connectivity index (χ0n) is 22.7. The van der Waals surface area contributed by atoms with E-state index < -0.39 is 19.6 Å². The van der Waals surface area contributed by atoms with E-state index in [-0.39, 0.29) is 17.6 Å². The van der Waals surface area contributed by atoms with Gasteiger partial charge in [0.2, 0.25) is 0 Å². The van der Waals surface area contributed by atoms with Crippen molar-refractivity contribution in [3.05, 3.63) is 0 Å². The summed E-state index contributed by atoms with van der Waals surface area (Å²) < 4.78 is 18.5. The van der Waals surface area contributed by atoms with E-state index in [9.17, 15) is 4.79 Å². The van der Waals surface area contributed by atoms with Gasteiger partial charge in [-0.1, -0.05) is 55.4 Å². The minimum absolute atomic E-state index is 0.00199. The lowest BCUT2D eigenvalue weighted by molar-refractivity contribution is -0.0637. The average Bonchev–Trinajstić information content (AvgIpc) is 2.82. The second-order valence-corrected chi connectivity index (χ2v) is 18.0. The van der Waals surface area contributed by atoms with E-state index in [1.165, 1.54) is 0 Å². The molecule has 1 aliphatic rings. The predicted octanol–water partition coefficient (Wildman–Crippen LogP) is 7.36. The molecule has 0 radical (unpaired) electrons. The zero-order valence-corrected chi connectivity index (χ0v) is 23.7. The summed E-state index contributed by atoms with van der Waals surface area (Å²) >= 11 is 0. The second-order valence-electron chi connectivity index (χ2n) is 12.5. The highest BCUT2D eigenvalue weighted by Gasteiger charge is 2.48. The van der Waals surface area contributed by atoms with Crippen LogP contribution in [0.1, 0.15) is 103 Å². The van der Waals surface area contributed by atoms with Crippen molar-refractivity contribution in [2.75, 3.05) is 13.2 Å². The molecule has 5 nitrogen and oxygen atoms in total. The standard InChI is InChI=1S/C25H51NO4Si/c1-18(2)31(19(3)4,20(5)6)29-15-14-24(10,11)16-21-17-28-25(12,13)26(21)22(27)30-23(7,8)9/h18-21H,14-17H2,1-13H3/t21-/m0/s1. The van der Waals surface area contributed by atoms with Crippen LogP contribution in [-0.4, -0.2) is 49.9 Å². The molecule has 0 unspecified atom stereocenters. The normalized spacial score (nSPS) is 20.3. The van der Waals surface area contributed by atoms with Crippen LogP contribution in [0.5, 0.6) is 0 Å². The summed E-state index contributed by atoms with van der Waals surface area (Å²) in [5.74, 6) is 0. The van der Waals surface area contributed by atoms with Gasteiger partial charge in [-0.3, -0.25) is 4.90 Å². The Kier molecular flexibility index (Phi) is 9.29. The van der Waals surface area contributed by atoms with Gasteiger partial charge in [0, 0.05) is 6.61 Å². The molecule has 0 aromatic rings. The van der Waals surface area contributed by atoms with Crippen LogP contribution in [0, 0.1) is 5.41 Å². The third kappa shape index (κ3) is 7.20. The van der Waals surface area contributed by atoms with Gasteiger partial charge >= 0.3 is 6.09 Å². The van der Waals surface area contributed by atoms with Gasteiger partial charge in [-0.2, -0.15) is 0 Å². The first-order valence-electron chi connectivity index (χ1n) is 12.2. The van der Waals surface area contributed by atoms with Crippen LogP contribution in [0.15, 0.2) is 0 Å². The van der Waals surface area contributed by atoms with Gasteiger partial charge < -0.3 is 13.9 Å². The molecule has 1 saturated heterocycles. The van der Waals surface area contributed by atoms with Crippen LogP contribution in [0.25, 0.3) is 0 Å². The fourth-order valence-corrected chi connectivity index (χ4v) is 10.9. The SMILES string of the molecule is CC(C)[Si](OCCC(C)(C)C[C@H]1COC(C)(C)N1C(=O)OC(C)(C)C)(C(C)C)C(C)C. The fraction of sp³-hybridized carbons (Fsp3) is 0.960. The topological polar surface area (TPSA) is 48.0 Å². The van der Waals surface area contributed by atoms with Gasteiger partial charge in [0.15, 0.2) is 8.32 Å². The minimum Gasteiger partial charge on any atom is -0.444 e. The highest BCUT2D eigenvalue weighted by atomic mass is 28.4. The Hall–Kier alpha value is -0.593. The molecule has 1 heterocycles. The molecule has 1 aliphatic heterocycles. The summed E-state index contributed by atoms with van der Waals surface area (Å²) in [6.45, 7) is 29.4. The first kappa shape index (κ1) is 28.4. The summed E-state index contributed by atoms with van der Waals surface area (Å²) in [4.78, 5) is 14.7. The van der Waals surface area contributed by atoms with Gasteiger partial charge in [-0.05, 0) is 69.5 Å². The smallest absolute Gasteiger partial charge is 0.412 e. The molecule has 6 heteroatoms. The first-order valence-corrected chi connectivity index (χ1v) is 14.3. The average molecular weight is 458 g/mol. The highest BCUT2D eigenvalue weighted by molar-refractivity contribution is 6.77. The number of hydrogen-bond acceptors (Lipinski definition) is 4. The summed E-state index contributed by atoms with van der Waals surface area (Å²) in [5, 5.41) is 0. The minimum atomic E-state index is -1.86. The molecule has 1 amide bonds. The number of rotatable bonds is 9. The van der Waals surface area contributed by atoms with Gasteiger partial charge in [0.25, 0.3) is 0 Å². The van der Waals surface area contributed by atoms with Gasteiger partial charge in [0.05, 0.1) is 12.6 Å². The van der Waals surface area contributed by atoms with Crippen LogP contribution in [0.4, 0.5) is 4.79 Å². The number of carbonyl (C=O) groups excluding carboxylic acids is 1. The molecule has 1 fully saturated rings. The Balaban J connectivity index is 2.87. The van der Waals surface area contributed by atoms with E-state index >= 15 is 0 Å². The molecule has 0 spiro atoms. The molecule has 0 saturated carbocycles.